The predicted molar refractivity (Wildman–Crippen MR) is 137 cm³/mol. The minimum atomic E-state index is -2.96. The fourth-order valence-electron chi connectivity index (χ4n) is 5.04. The van der Waals surface area contributed by atoms with Crippen LogP contribution in [0.25, 0.3) is 5.70 Å². The van der Waals surface area contributed by atoms with E-state index < -0.39 is 18.6 Å². The molecule has 9 nitrogen and oxygen atoms in total. The van der Waals surface area contributed by atoms with Crippen molar-refractivity contribution in [3.8, 4) is 0 Å². The molecule has 2 fully saturated rings. The second kappa shape index (κ2) is 8.90. The van der Waals surface area contributed by atoms with Crippen molar-refractivity contribution in [1.29, 1.82) is 0 Å². The number of halogens is 3. The summed E-state index contributed by atoms with van der Waals surface area (Å²) in [6.07, 6.45) is 3.08. The molecule has 1 saturated heterocycles. The number of alkyl halides is 2. The van der Waals surface area contributed by atoms with Gasteiger partial charge < -0.3 is 30.1 Å². The van der Waals surface area contributed by atoms with Crippen molar-refractivity contribution in [2.45, 2.75) is 24.8 Å². The average molecular weight is 532 g/mol. The Morgan fingerprint density at radius 2 is 2.00 bits per heavy atom. The van der Waals surface area contributed by atoms with Crippen molar-refractivity contribution in [2.75, 3.05) is 62.0 Å². The van der Waals surface area contributed by atoms with Crippen LogP contribution in [0.15, 0.2) is 30.2 Å². The normalized spacial score (nSPS) is 23.1. The molecular weight excluding hydrogens is 504 g/mol. The van der Waals surface area contributed by atoms with Gasteiger partial charge in [0.25, 0.3) is 0 Å². The first-order chi connectivity index (χ1) is 17.7. The molecule has 0 unspecified atom stereocenters. The molecule has 196 valence electrons. The van der Waals surface area contributed by atoms with Crippen molar-refractivity contribution in [3.63, 3.8) is 0 Å². The number of anilines is 4. The molecule has 6 rings (SSSR count). The topological polar surface area (TPSA) is 85.9 Å². The molecule has 1 saturated carbocycles. The molecule has 12 heteroatoms. The number of hydrogen-bond donors (Lipinski definition) is 2. The van der Waals surface area contributed by atoms with E-state index in [1.54, 1.807) is 11.9 Å². The van der Waals surface area contributed by atoms with E-state index in [0.29, 0.717) is 53.6 Å². The van der Waals surface area contributed by atoms with Gasteiger partial charge in [-0.1, -0.05) is 11.6 Å². The predicted octanol–water partition coefficient (Wildman–Crippen LogP) is 3.30. The Bertz CT molecular complexity index is 1290. The van der Waals surface area contributed by atoms with E-state index in [0.717, 1.165) is 24.1 Å². The molecule has 1 amide bonds. The van der Waals surface area contributed by atoms with Gasteiger partial charge in [-0.3, -0.25) is 4.79 Å². The number of ether oxygens (including phenoxy) is 1. The molecule has 3 aliphatic heterocycles. The van der Waals surface area contributed by atoms with Gasteiger partial charge in [0, 0.05) is 44.1 Å². The van der Waals surface area contributed by atoms with Crippen LogP contribution in [0, 0.1) is 5.92 Å². The number of nitrogens with one attached hydrogen (secondary N) is 2. The van der Waals surface area contributed by atoms with Crippen LogP contribution in [0.1, 0.15) is 18.4 Å². The highest BCUT2D eigenvalue weighted by atomic mass is 35.5. The van der Waals surface area contributed by atoms with Crippen LogP contribution in [0.3, 0.4) is 0 Å². The third-order valence-electron chi connectivity index (χ3n) is 7.36. The summed E-state index contributed by atoms with van der Waals surface area (Å²) < 4.78 is 35.4. The standard InChI is InChI=1S/C25H28ClF2N7O2/c1-33-7-8-35(12-20(33)36)24-29-10-17(26)23(32-24)30-15-5-6-18-16(9-15)21-19(11-34(18)2)37-13-25(27,28)22(31-21)14-3-4-14/h5-6,9-10,14,22,31H,3-4,7-8,11-13H2,1-2H3,(H,29,30,32)/t22-/m0/s1. The van der Waals surface area contributed by atoms with Crippen molar-refractivity contribution in [3.05, 3.63) is 40.7 Å². The lowest BCUT2D eigenvalue weighted by molar-refractivity contribution is -0.129. The van der Waals surface area contributed by atoms with Gasteiger partial charge in [-0.25, -0.2) is 13.8 Å². The summed E-state index contributed by atoms with van der Waals surface area (Å²) in [6, 6.07) is 4.76. The van der Waals surface area contributed by atoms with E-state index in [2.05, 4.69) is 20.6 Å². The number of hydrogen-bond acceptors (Lipinski definition) is 8. The summed E-state index contributed by atoms with van der Waals surface area (Å²) in [7, 11) is 3.68. The lowest BCUT2D eigenvalue weighted by Crippen LogP contribution is -2.49. The monoisotopic (exact) mass is 531 g/mol. The Hall–Kier alpha value is -3.34. The number of carbonyl (C=O) groups excluding carboxylic acids is 1. The van der Waals surface area contributed by atoms with Gasteiger partial charge in [-0.15, -0.1) is 0 Å². The van der Waals surface area contributed by atoms with Gasteiger partial charge in [-0.2, -0.15) is 4.98 Å². The van der Waals surface area contributed by atoms with Crippen LogP contribution in [-0.2, 0) is 9.53 Å². The number of likely N-dealkylation sites (N-methyl/N-ethyl adjacent to an activating group) is 2. The van der Waals surface area contributed by atoms with Crippen LogP contribution in [0.2, 0.25) is 5.02 Å². The van der Waals surface area contributed by atoms with Crippen LogP contribution >= 0.6 is 11.6 Å². The smallest absolute Gasteiger partial charge is 0.301 e. The highest BCUT2D eigenvalue weighted by molar-refractivity contribution is 6.32. The molecule has 4 aliphatic rings. The molecule has 0 spiro atoms. The number of aromatic nitrogens is 2. The molecule has 0 bridgehead atoms. The molecule has 37 heavy (non-hydrogen) atoms. The maximum absolute atomic E-state index is 14.9. The number of fused-ring (bicyclic) bond motifs is 2. The number of piperazine rings is 1. The zero-order valence-electron chi connectivity index (χ0n) is 20.6. The first-order valence-corrected chi connectivity index (χ1v) is 12.7. The van der Waals surface area contributed by atoms with Crippen molar-refractivity contribution in [1.82, 2.24) is 20.2 Å². The number of benzene rings is 1. The number of rotatable bonds is 4. The van der Waals surface area contributed by atoms with Gasteiger partial charge in [0.1, 0.15) is 10.8 Å². The minimum Gasteiger partial charge on any atom is -0.487 e. The lowest BCUT2D eigenvalue weighted by atomic mass is 10.00. The molecule has 1 aliphatic carbocycles. The number of nitrogens with zero attached hydrogens (tertiary/aromatic N) is 5. The van der Waals surface area contributed by atoms with Crippen LogP contribution in [0.5, 0.6) is 0 Å². The zero-order chi connectivity index (χ0) is 25.9. The van der Waals surface area contributed by atoms with E-state index in [1.165, 1.54) is 6.20 Å². The molecule has 2 N–H and O–H groups in total. The van der Waals surface area contributed by atoms with Gasteiger partial charge in [0.2, 0.25) is 11.9 Å². The summed E-state index contributed by atoms with van der Waals surface area (Å²) in [4.78, 5) is 26.5. The van der Waals surface area contributed by atoms with Crippen molar-refractivity contribution >= 4 is 46.3 Å². The molecule has 2 aromatic rings. The summed E-state index contributed by atoms with van der Waals surface area (Å²) in [6.45, 7) is 1.16. The first-order valence-electron chi connectivity index (χ1n) is 12.3. The second-order valence-electron chi connectivity index (χ2n) is 10.1. The third kappa shape index (κ3) is 4.49. The summed E-state index contributed by atoms with van der Waals surface area (Å²) in [5.74, 6) is -1.71. The quantitative estimate of drug-likeness (QED) is 0.621. The molecule has 1 aromatic carbocycles. The third-order valence-corrected chi connectivity index (χ3v) is 7.63. The maximum Gasteiger partial charge on any atom is 0.301 e. The van der Waals surface area contributed by atoms with Crippen LogP contribution in [0.4, 0.5) is 31.9 Å². The van der Waals surface area contributed by atoms with Crippen molar-refractivity contribution < 1.29 is 18.3 Å². The summed E-state index contributed by atoms with van der Waals surface area (Å²) >= 11 is 6.41. The largest absolute Gasteiger partial charge is 0.487 e. The molecule has 1 atom stereocenters. The average Bonchev–Trinajstić information content (AvgIpc) is 3.71. The summed E-state index contributed by atoms with van der Waals surface area (Å²) in [5, 5.41) is 6.74. The summed E-state index contributed by atoms with van der Waals surface area (Å²) in [5.41, 5.74) is 2.97. The number of amides is 1. The van der Waals surface area contributed by atoms with E-state index in [1.807, 2.05) is 35.0 Å². The molecular formula is C25H28ClF2N7O2. The van der Waals surface area contributed by atoms with E-state index >= 15 is 0 Å². The Kier molecular flexibility index (Phi) is 5.78. The fraction of sp³-hybridized carbons (Fsp3) is 0.480. The fourth-order valence-corrected chi connectivity index (χ4v) is 5.18. The van der Waals surface area contributed by atoms with Gasteiger partial charge in [0.15, 0.2) is 12.4 Å². The van der Waals surface area contributed by atoms with E-state index in [-0.39, 0.29) is 18.4 Å². The second-order valence-corrected chi connectivity index (χ2v) is 10.5. The number of carbonyl (C=O) groups is 1. The van der Waals surface area contributed by atoms with Gasteiger partial charge in [0.05, 0.1) is 31.0 Å². The highest BCUT2D eigenvalue weighted by Crippen LogP contribution is 2.45. The van der Waals surface area contributed by atoms with E-state index in [9.17, 15) is 13.6 Å². The maximum atomic E-state index is 14.9. The van der Waals surface area contributed by atoms with Gasteiger partial charge >= 0.3 is 5.92 Å². The SMILES string of the molecule is CN1CCN(c2ncc(Cl)c(Nc3ccc4c(c3)C3=C(CN4C)OCC(F)(F)[C@H](C4CC4)N3)n2)CC1=O. The first kappa shape index (κ1) is 24.0. The van der Waals surface area contributed by atoms with Crippen LogP contribution in [-0.4, -0.2) is 79.6 Å². The Labute approximate surface area is 218 Å². The molecule has 4 heterocycles. The van der Waals surface area contributed by atoms with Crippen LogP contribution < -0.4 is 20.4 Å². The van der Waals surface area contributed by atoms with E-state index in [4.69, 9.17) is 16.3 Å². The zero-order valence-corrected chi connectivity index (χ0v) is 21.4. The minimum absolute atomic E-state index is 0.00426. The Morgan fingerprint density at radius 1 is 1.19 bits per heavy atom. The van der Waals surface area contributed by atoms with Gasteiger partial charge in [-0.05, 0) is 37.0 Å². The lowest BCUT2D eigenvalue weighted by Gasteiger charge is -2.32. The molecule has 1 aromatic heterocycles. The Morgan fingerprint density at radius 3 is 2.76 bits per heavy atom. The highest BCUT2D eigenvalue weighted by Gasteiger charge is 2.51. The molecule has 0 radical (unpaired) electrons. The Balaban J connectivity index is 1.30. The van der Waals surface area contributed by atoms with Crippen molar-refractivity contribution in [2.24, 2.45) is 5.92 Å².